The van der Waals surface area contributed by atoms with Crippen molar-refractivity contribution in [3.05, 3.63) is 89.1 Å². The fourth-order valence-electron chi connectivity index (χ4n) is 28.7. The van der Waals surface area contributed by atoms with Crippen LogP contribution >= 0.6 is 0 Å². The predicted molar refractivity (Wildman–Crippen MR) is 264 cm³/mol. The quantitative estimate of drug-likeness (QED) is 0.0938. The van der Waals surface area contributed by atoms with Gasteiger partial charge in [0.2, 0.25) is 0 Å². The van der Waals surface area contributed by atoms with E-state index in [1.54, 1.807) is 267 Å². The molecule has 1 fully saturated rings. The molecule has 16 aliphatic rings. The summed E-state index contributed by atoms with van der Waals surface area (Å²) in [5.41, 5.74) is 24.3. The lowest BCUT2D eigenvalue weighted by atomic mass is 9.38. The standard InChI is InChI=1S/C65H18O2/c1-58-46-36-26-16-11-6-7-9-10-8(6)13-19-17(11)27(26)37-39-29(19)31-21(13)23-15(10)25-24-14(9)22-20-12(7)18(16)28-30(20)40-42-32(22)34(24)44-45-35(25)33(23)43-41(31)51-49(39)59(2,47(37)46)57-56(58)63(66)60(3,50(40)48(58)38(28)36)52(42)54(44)62(5)55(45)53(43)61(51,4)64(57)65(62,63)67-64/h36,45,66H,1-5H3/t36?,45?,58-,59+,60-,61+,62-,63+,64-,65-/m0/s1. The van der Waals surface area contributed by atoms with Gasteiger partial charge >= 0.3 is 0 Å². The van der Waals surface area contributed by atoms with Gasteiger partial charge in [-0.25, -0.2) is 0 Å². The van der Waals surface area contributed by atoms with Crippen molar-refractivity contribution in [3.63, 3.8) is 0 Å². The van der Waals surface area contributed by atoms with Crippen molar-refractivity contribution >= 4 is 184 Å². The number of aliphatic hydroxyl groups is 1. The first-order valence-electron chi connectivity index (χ1n) is 25.9. The zero-order valence-electron chi connectivity index (χ0n) is 36.0. The minimum atomic E-state index is -1.24. The molecule has 17 aromatic carbocycles. The van der Waals surface area contributed by atoms with E-state index in [0.717, 1.165) is 0 Å². The van der Waals surface area contributed by atoms with Crippen molar-refractivity contribution in [2.75, 3.05) is 0 Å². The Kier molecular flexibility index (Phi) is 1.96. The molecule has 290 valence electrons. The van der Waals surface area contributed by atoms with Gasteiger partial charge in [-0.1, -0.05) is 0 Å². The van der Waals surface area contributed by atoms with E-state index in [1.165, 1.54) is 5.57 Å². The van der Waals surface area contributed by atoms with Gasteiger partial charge in [0, 0.05) is 22.7 Å². The molecule has 33 rings (SSSR count). The Bertz CT molecular complexity index is 6420. The second kappa shape index (κ2) is 5.15. The topological polar surface area (TPSA) is 32.8 Å². The summed E-state index contributed by atoms with van der Waals surface area (Å²) < 4.78 is 8.66. The molecule has 2 nitrogen and oxygen atoms in total. The highest BCUT2D eigenvalue weighted by Gasteiger charge is 3.06. The van der Waals surface area contributed by atoms with Gasteiger partial charge in [-0.3, -0.25) is 0 Å². The number of allylic oxidation sites excluding steroid dienone is 2. The molecule has 0 aromatic heterocycles. The Morgan fingerprint density at radius 1 is 0.328 bits per heavy atom. The van der Waals surface area contributed by atoms with E-state index in [-0.39, 0.29) is 11.8 Å². The molecule has 2 unspecified atom stereocenters. The van der Waals surface area contributed by atoms with Crippen LogP contribution in [0.3, 0.4) is 0 Å². The van der Waals surface area contributed by atoms with E-state index in [1.807, 2.05) is 0 Å². The lowest BCUT2D eigenvalue weighted by molar-refractivity contribution is -0.0937. The first-order valence-corrected chi connectivity index (χ1v) is 25.9. The maximum atomic E-state index is 16.2. The predicted octanol–water partition coefficient (Wildman–Crippen LogP) is 13.6. The van der Waals surface area contributed by atoms with E-state index in [0.29, 0.717) is 0 Å². The summed E-state index contributed by atoms with van der Waals surface area (Å²) in [5.74, 6) is 0.400. The number of ether oxygens (including phenoxy) is 1. The molecule has 2 spiro atoms. The lowest BCUT2D eigenvalue weighted by Gasteiger charge is -2.64. The SMILES string of the molecule is C[C@]12C3=C4c5c6c7c8c9c%10c%11c%12c%13c%14c%15c%16c%17c%18c%19c%20c(c1c1c%21c%20c%20c(c%19%15)c%14c%14c%15c%13c%11c%11c9c6c6c9c5c(c5c%21c%20c%14c(c59)c%15c6%11)C31)[C@]%18(C)[C@]1(O)C2=C([C@]47C)[C@@]23O[C@@]12[C@]%17(C)C(=C%10[C@@]83C)C%16%12. The average Bonchev–Trinajstić information content (AvgIpc) is 4.16. The third-order valence-electron chi connectivity index (χ3n) is 28.4. The molecule has 0 bridgehead atoms. The van der Waals surface area contributed by atoms with Gasteiger partial charge in [-0.2, -0.15) is 0 Å². The van der Waals surface area contributed by atoms with Crippen molar-refractivity contribution in [2.45, 2.75) is 90.3 Å². The van der Waals surface area contributed by atoms with E-state index < -0.39 is 43.9 Å². The molecule has 10 atom stereocenters. The van der Waals surface area contributed by atoms with Gasteiger partial charge in [0.1, 0.15) is 11.2 Å². The largest absolute Gasteiger partial charge is 0.381 e. The van der Waals surface area contributed by atoms with E-state index in [2.05, 4.69) is 34.6 Å². The minimum Gasteiger partial charge on any atom is -0.381 e. The van der Waals surface area contributed by atoms with E-state index >= 15 is 5.11 Å². The van der Waals surface area contributed by atoms with Crippen molar-refractivity contribution in [1.82, 2.24) is 0 Å². The van der Waals surface area contributed by atoms with Crippen LogP contribution in [0.4, 0.5) is 0 Å². The second-order valence-corrected chi connectivity index (χ2v) is 27.6. The molecule has 1 heterocycles. The van der Waals surface area contributed by atoms with Gasteiger partial charge in [0.15, 0.2) is 5.60 Å². The third kappa shape index (κ3) is 1.16. The summed E-state index contributed by atoms with van der Waals surface area (Å²) in [4.78, 5) is 0. The van der Waals surface area contributed by atoms with Crippen LogP contribution in [0.25, 0.3) is 184 Å². The Hall–Kier alpha value is -6.58. The Labute approximate surface area is 370 Å². The zero-order valence-corrected chi connectivity index (χ0v) is 36.0. The van der Waals surface area contributed by atoms with E-state index in [4.69, 9.17) is 4.74 Å². The number of rotatable bonds is 0. The molecule has 1 aliphatic heterocycles. The highest BCUT2D eigenvalue weighted by Crippen LogP contribution is 3.01. The Morgan fingerprint density at radius 3 is 1.34 bits per heavy atom. The minimum absolute atomic E-state index is 0.189. The summed E-state index contributed by atoms with van der Waals surface area (Å²) in [7, 11) is 0. The summed E-state index contributed by atoms with van der Waals surface area (Å²) in [6.07, 6.45) is 0. The van der Waals surface area contributed by atoms with Crippen LogP contribution in [0.5, 0.6) is 0 Å². The fourth-order valence-corrected chi connectivity index (χ4v) is 28.7. The fraction of sp³-hybridized carbons (Fsp3) is 0.231. The highest BCUT2D eigenvalue weighted by molar-refractivity contribution is 6.73. The molecule has 2 heteroatoms. The molecule has 1 saturated heterocycles. The Morgan fingerprint density at radius 2 is 0.746 bits per heavy atom. The molecule has 67 heavy (non-hydrogen) atoms. The highest BCUT2D eigenvalue weighted by atomic mass is 16.7. The monoisotopic (exact) mass is 830 g/mol. The molecule has 15 aliphatic carbocycles. The first kappa shape index (κ1) is 25.5. The second-order valence-electron chi connectivity index (χ2n) is 27.6. The smallest absolute Gasteiger partial charge is 0.150 e. The van der Waals surface area contributed by atoms with Gasteiger partial charge in [0.05, 0.1) is 16.2 Å². The van der Waals surface area contributed by atoms with Crippen molar-refractivity contribution in [2.24, 2.45) is 0 Å². The van der Waals surface area contributed by atoms with Crippen molar-refractivity contribution < 1.29 is 9.84 Å². The van der Waals surface area contributed by atoms with Crippen LogP contribution in [-0.2, 0) is 31.8 Å². The van der Waals surface area contributed by atoms with Crippen LogP contribution in [-0.4, -0.2) is 21.9 Å². The normalized spacial score (nSPS) is 41.8. The van der Waals surface area contributed by atoms with Gasteiger partial charge in [-0.05, 0) is 307 Å². The summed E-state index contributed by atoms with van der Waals surface area (Å²) >= 11 is 0. The lowest BCUT2D eigenvalue weighted by Crippen LogP contribution is -2.75. The maximum Gasteiger partial charge on any atom is 0.150 e. The van der Waals surface area contributed by atoms with Crippen LogP contribution < -0.4 is 0 Å². The number of hydrogen-bond donors (Lipinski definition) is 1. The third-order valence-corrected chi connectivity index (χ3v) is 28.4. The van der Waals surface area contributed by atoms with Gasteiger partial charge in [0.25, 0.3) is 0 Å². The molecule has 0 amide bonds. The molecule has 1 N–H and O–H groups in total. The average molecular weight is 831 g/mol. The van der Waals surface area contributed by atoms with Gasteiger partial charge < -0.3 is 9.84 Å². The van der Waals surface area contributed by atoms with Crippen LogP contribution in [0, 0.1) is 0 Å². The van der Waals surface area contributed by atoms with Gasteiger partial charge in [-0.15, -0.1) is 0 Å². The molecule has 0 saturated carbocycles. The number of benzene rings is 11. The number of epoxide rings is 1. The van der Waals surface area contributed by atoms with E-state index in [9.17, 15) is 0 Å². The first-order chi connectivity index (χ1) is 32.7. The van der Waals surface area contributed by atoms with Crippen LogP contribution in [0.1, 0.15) is 113 Å². The maximum absolute atomic E-state index is 16.2. The summed E-state index contributed by atoms with van der Waals surface area (Å²) in [6.45, 7) is 13.6. The number of hydrogen-bond acceptors (Lipinski definition) is 2. The molecule has 17 aromatic rings. The molecular formula is C65H18O2. The van der Waals surface area contributed by atoms with Crippen molar-refractivity contribution in [3.8, 4) is 0 Å². The van der Waals surface area contributed by atoms with Crippen LogP contribution in [0.2, 0.25) is 0 Å². The zero-order chi connectivity index (χ0) is 40.7. The molecular weight excluding hydrogens is 813 g/mol. The summed E-state index contributed by atoms with van der Waals surface area (Å²) in [5, 5.41) is 68.5. The van der Waals surface area contributed by atoms with Crippen LogP contribution in [0.15, 0.2) is 22.3 Å². The van der Waals surface area contributed by atoms with Crippen molar-refractivity contribution in [1.29, 1.82) is 0 Å². The Balaban J connectivity index is 1.20. The molecule has 0 radical (unpaired) electrons. The summed E-state index contributed by atoms with van der Waals surface area (Å²) in [6, 6.07) is 0.